The second-order valence-electron chi connectivity index (χ2n) is 6.49. The van der Waals surface area contributed by atoms with Crippen molar-refractivity contribution in [2.45, 2.75) is 16.2 Å². The van der Waals surface area contributed by atoms with Crippen LogP contribution in [0.3, 0.4) is 0 Å². The third-order valence-electron chi connectivity index (χ3n) is 4.20. The van der Waals surface area contributed by atoms with Crippen molar-refractivity contribution in [1.82, 2.24) is 4.98 Å². The van der Waals surface area contributed by atoms with Crippen molar-refractivity contribution in [2.75, 3.05) is 26.1 Å². The lowest BCUT2D eigenvalue weighted by Crippen LogP contribution is -2.21. The second kappa shape index (κ2) is 10.8. The first kappa shape index (κ1) is 24.0. The van der Waals surface area contributed by atoms with Crippen LogP contribution in [-0.2, 0) is 9.53 Å². The lowest BCUT2D eigenvalue weighted by Gasteiger charge is -2.12. The van der Waals surface area contributed by atoms with Gasteiger partial charge in [-0.05, 0) is 31.2 Å². The topological polar surface area (TPSA) is 130 Å². The molecule has 12 heteroatoms. The number of methoxy groups -OCH3 is 2. The number of aryl methyl sites for hydroxylation is 1. The molecule has 10 nitrogen and oxygen atoms in total. The minimum Gasteiger partial charge on any atom is -0.497 e. The third-order valence-corrected chi connectivity index (χ3v) is 6.33. The smallest absolute Gasteiger partial charge is 0.338 e. The van der Waals surface area contributed by atoms with E-state index in [4.69, 9.17) is 14.2 Å². The minimum absolute atomic E-state index is 0.0452. The summed E-state index contributed by atoms with van der Waals surface area (Å²) in [6.07, 6.45) is 0. The number of ether oxygens (including phenoxy) is 3. The van der Waals surface area contributed by atoms with Crippen LogP contribution in [0.4, 0.5) is 11.4 Å². The lowest BCUT2D eigenvalue weighted by molar-refractivity contribution is -0.387. The average Bonchev–Trinajstić information content (AvgIpc) is 3.22. The molecule has 0 aliphatic heterocycles. The summed E-state index contributed by atoms with van der Waals surface area (Å²) in [6, 6.07) is 8.79. The molecule has 1 heterocycles. The Morgan fingerprint density at radius 2 is 1.97 bits per heavy atom. The Hall–Kier alpha value is -3.64. The van der Waals surface area contributed by atoms with Crippen LogP contribution in [0, 0.1) is 17.0 Å². The predicted octanol–water partition coefficient (Wildman–Crippen LogP) is 4.32. The van der Waals surface area contributed by atoms with Crippen LogP contribution in [0.5, 0.6) is 11.5 Å². The molecule has 0 aliphatic carbocycles. The first-order valence-corrected chi connectivity index (χ1v) is 11.1. The van der Waals surface area contributed by atoms with E-state index in [2.05, 4.69) is 10.3 Å². The number of hydrogen-bond donors (Lipinski definition) is 1. The summed E-state index contributed by atoms with van der Waals surface area (Å²) >= 11 is 2.51. The van der Waals surface area contributed by atoms with Gasteiger partial charge in [-0.15, -0.1) is 11.3 Å². The first-order chi connectivity index (χ1) is 15.8. The van der Waals surface area contributed by atoms with Gasteiger partial charge in [-0.3, -0.25) is 14.9 Å². The number of esters is 1. The van der Waals surface area contributed by atoms with Gasteiger partial charge in [0.2, 0.25) is 0 Å². The summed E-state index contributed by atoms with van der Waals surface area (Å²) in [6.45, 7) is 1.24. The summed E-state index contributed by atoms with van der Waals surface area (Å²) in [7, 11) is 2.94. The number of nitrogens with zero attached hydrogens (tertiary/aromatic N) is 2. The molecule has 1 amide bonds. The van der Waals surface area contributed by atoms with Gasteiger partial charge in [-0.25, -0.2) is 9.78 Å². The molecule has 2 aromatic carbocycles. The summed E-state index contributed by atoms with van der Waals surface area (Å²) in [4.78, 5) is 40.1. The molecule has 3 aromatic rings. The van der Waals surface area contributed by atoms with Crippen LogP contribution >= 0.6 is 23.1 Å². The maximum Gasteiger partial charge on any atom is 0.338 e. The molecule has 3 rings (SSSR count). The van der Waals surface area contributed by atoms with E-state index in [-0.39, 0.29) is 11.3 Å². The van der Waals surface area contributed by atoms with Crippen LogP contribution in [0.15, 0.2) is 51.0 Å². The number of benzene rings is 2. The molecule has 1 N–H and O–H groups in total. The Morgan fingerprint density at radius 3 is 2.61 bits per heavy atom. The van der Waals surface area contributed by atoms with Crippen molar-refractivity contribution >= 4 is 46.3 Å². The van der Waals surface area contributed by atoms with Gasteiger partial charge in [0.1, 0.15) is 11.5 Å². The SMILES string of the molecule is COc1ccc(NC(=O)COC(=O)c2ccc(Sc3nc(C)cs3)c([N+](=O)[O-])c2)c(OC)c1. The van der Waals surface area contributed by atoms with E-state index < -0.39 is 23.4 Å². The maximum absolute atomic E-state index is 12.4. The van der Waals surface area contributed by atoms with Gasteiger partial charge in [-0.1, -0.05) is 11.8 Å². The molecule has 33 heavy (non-hydrogen) atoms. The van der Waals surface area contributed by atoms with Crippen molar-refractivity contribution < 1.29 is 28.7 Å². The minimum atomic E-state index is -0.864. The number of thiazole rings is 1. The zero-order valence-corrected chi connectivity index (χ0v) is 19.5. The van der Waals surface area contributed by atoms with E-state index in [1.807, 2.05) is 12.3 Å². The van der Waals surface area contributed by atoms with Crippen LogP contribution in [-0.4, -0.2) is 42.6 Å². The monoisotopic (exact) mass is 489 g/mol. The van der Waals surface area contributed by atoms with Crippen molar-refractivity contribution in [2.24, 2.45) is 0 Å². The number of nitro benzene ring substituents is 1. The van der Waals surface area contributed by atoms with E-state index >= 15 is 0 Å². The Balaban J connectivity index is 1.65. The second-order valence-corrected chi connectivity index (χ2v) is 8.63. The number of nitrogens with one attached hydrogen (secondary N) is 1. The average molecular weight is 490 g/mol. The molecule has 0 unspecified atom stereocenters. The van der Waals surface area contributed by atoms with Crippen molar-refractivity contribution in [3.63, 3.8) is 0 Å². The number of carbonyl (C=O) groups is 2. The van der Waals surface area contributed by atoms with E-state index in [0.717, 1.165) is 23.5 Å². The molecular weight excluding hydrogens is 470 g/mol. The molecule has 0 bridgehead atoms. The van der Waals surface area contributed by atoms with E-state index in [0.29, 0.717) is 26.4 Å². The van der Waals surface area contributed by atoms with Crippen molar-refractivity contribution in [3.05, 3.63) is 63.1 Å². The molecule has 0 saturated heterocycles. The lowest BCUT2D eigenvalue weighted by atomic mass is 10.2. The van der Waals surface area contributed by atoms with E-state index in [9.17, 15) is 19.7 Å². The van der Waals surface area contributed by atoms with Gasteiger partial charge in [0, 0.05) is 23.2 Å². The van der Waals surface area contributed by atoms with Crippen LogP contribution in [0.25, 0.3) is 0 Å². The quantitative estimate of drug-likeness (QED) is 0.265. The van der Waals surface area contributed by atoms with Gasteiger partial charge in [0.25, 0.3) is 11.6 Å². The molecule has 0 radical (unpaired) electrons. The Labute approximate surface area is 197 Å². The Morgan fingerprint density at radius 1 is 1.18 bits per heavy atom. The fourth-order valence-electron chi connectivity index (χ4n) is 2.65. The zero-order valence-electron chi connectivity index (χ0n) is 17.8. The van der Waals surface area contributed by atoms with Gasteiger partial charge >= 0.3 is 5.97 Å². The first-order valence-electron chi connectivity index (χ1n) is 9.38. The Bertz CT molecular complexity index is 1200. The fourth-order valence-corrected chi connectivity index (χ4v) is 4.53. The summed E-state index contributed by atoms with van der Waals surface area (Å²) in [5.74, 6) is -0.554. The van der Waals surface area contributed by atoms with Gasteiger partial charge in [-0.2, -0.15) is 0 Å². The molecule has 172 valence electrons. The molecule has 0 spiro atoms. The van der Waals surface area contributed by atoms with Gasteiger partial charge < -0.3 is 19.5 Å². The molecule has 1 aromatic heterocycles. The van der Waals surface area contributed by atoms with Crippen molar-refractivity contribution in [1.29, 1.82) is 0 Å². The fraction of sp³-hybridized carbons (Fsp3) is 0.190. The summed E-state index contributed by atoms with van der Waals surface area (Å²) in [5, 5.41) is 15.9. The number of hydrogen-bond acceptors (Lipinski definition) is 10. The number of nitro groups is 1. The largest absolute Gasteiger partial charge is 0.497 e. The van der Waals surface area contributed by atoms with Gasteiger partial charge in [0.05, 0.1) is 35.3 Å². The number of carbonyl (C=O) groups excluding carboxylic acids is 2. The number of aromatic nitrogens is 1. The Kier molecular flexibility index (Phi) is 7.85. The third kappa shape index (κ3) is 6.20. The van der Waals surface area contributed by atoms with E-state index in [1.165, 1.54) is 37.7 Å². The highest BCUT2D eigenvalue weighted by Gasteiger charge is 2.21. The normalized spacial score (nSPS) is 10.4. The van der Waals surface area contributed by atoms with Crippen LogP contribution in [0.2, 0.25) is 0 Å². The standard InChI is InChI=1S/C21H19N3O7S2/c1-12-11-32-21(22-12)33-18-7-4-13(8-16(18)24(27)28)20(26)31-10-19(25)23-15-6-5-14(29-2)9-17(15)30-3/h4-9,11H,10H2,1-3H3,(H,23,25). The number of anilines is 1. The molecule has 0 fully saturated rings. The van der Waals surface area contributed by atoms with Crippen molar-refractivity contribution in [3.8, 4) is 11.5 Å². The maximum atomic E-state index is 12.4. The number of rotatable bonds is 9. The molecule has 0 saturated carbocycles. The van der Waals surface area contributed by atoms with E-state index in [1.54, 1.807) is 18.2 Å². The summed E-state index contributed by atoms with van der Waals surface area (Å²) < 4.78 is 16.0. The van der Waals surface area contributed by atoms with Crippen LogP contribution in [0.1, 0.15) is 16.1 Å². The molecular formula is C21H19N3O7S2. The zero-order chi connectivity index (χ0) is 24.0. The van der Waals surface area contributed by atoms with Gasteiger partial charge in [0.15, 0.2) is 10.9 Å². The highest BCUT2D eigenvalue weighted by Crippen LogP contribution is 2.37. The highest BCUT2D eigenvalue weighted by atomic mass is 32.2. The molecule has 0 atom stereocenters. The predicted molar refractivity (Wildman–Crippen MR) is 123 cm³/mol. The highest BCUT2D eigenvalue weighted by molar-refractivity contribution is 8.01. The number of amides is 1. The van der Waals surface area contributed by atoms with Crippen LogP contribution < -0.4 is 14.8 Å². The molecule has 0 aliphatic rings. The summed E-state index contributed by atoms with van der Waals surface area (Å²) in [5.41, 5.74) is 0.885.